The predicted octanol–water partition coefficient (Wildman–Crippen LogP) is 5.72. The molecule has 0 aliphatic carbocycles. The summed E-state index contributed by atoms with van der Waals surface area (Å²) in [6.45, 7) is 11.4. The lowest BCUT2D eigenvalue weighted by molar-refractivity contribution is 0.0506. The molecule has 0 fully saturated rings. The van der Waals surface area contributed by atoms with E-state index in [0.29, 0.717) is 8.58 Å². The molecule has 0 spiro atoms. The Bertz CT molecular complexity index is 1010. The van der Waals surface area contributed by atoms with Crippen LogP contribution in [0.5, 0.6) is 5.75 Å². The largest absolute Gasteiger partial charge is 0.467 e. The number of rotatable bonds is 8. The van der Waals surface area contributed by atoms with Gasteiger partial charge in [-0.25, -0.2) is 0 Å². The van der Waals surface area contributed by atoms with E-state index in [-0.39, 0.29) is 12.2 Å². The molecule has 4 heteroatoms. The average molecular weight is 453 g/mol. The summed E-state index contributed by atoms with van der Waals surface area (Å²) >= 11 is 0. The monoisotopic (exact) mass is 452 g/mol. The molecule has 31 heavy (non-hydrogen) atoms. The van der Waals surface area contributed by atoms with Gasteiger partial charge in [-0.2, -0.15) is 0 Å². The molecule has 2 atom stereocenters. The molecule has 0 bridgehead atoms. The van der Waals surface area contributed by atoms with Crippen molar-refractivity contribution in [2.45, 2.75) is 46.2 Å². The maximum atomic E-state index is 6.17. The van der Waals surface area contributed by atoms with Crippen LogP contribution in [0.3, 0.4) is 0 Å². The van der Waals surface area contributed by atoms with Gasteiger partial charge in [-0.05, 0) is 58.8 Å². The summed E-state index contributed by atoms with van der Waals surface area (Å²) < 4.78 is 11.4. The smallest absolute Gasteiger partial charge is 0.188 e. The van der Waals surface area contributed by atoms with Gasteiger partial charge in [0.2, 0.25) is 0 Å². The molecule has 3 aromatic rings. The summed E-state index contributed by atoms with van der Waals surface area (Å²) in [5.41, 5.74) is 5.31. The lowest BCUT2D eigenvalue weighted by Crippen LogP contribution is -2.21. The fourth-order valence-corrected chi connectivity index (χ4v) is 6.44. The average Bonchev–Trinajstić information content (AvgIpc) is 2.73. The first-order valence-electron chi connectivity index (χ1n) is 10.7. The zero-order valence-electron chi connectivity index (χ0n) is 19.5. The third-order valence-corrected chi connectivity index (χ3v) is 8.14. The standard InChI is InChI=1S/C27H34O2P2/c1-19-15-23(27(3,4)5)25(29-18-28-6)24(16-19)31-26-20(2)11-10-12-21(26)17-30-22-13-8-7-9-14-22/h7-16,30-31H,17-18H2,1-6H3. The molecule has 3 rings (SSSR count). The third kappa shape index (κ3) is 6.39. The van der Waals surface area contributed by atoms with E-state index in [9.17, 15) is 0 Å². The topological polar surface area (TPSA) is 18.5 Å². The van der Waals surface area contributed by atoms with E-state index in [1.54, 1.807) is 7.11 Å². The Morgan fingerprint density at radius 3 is 2.32 bits per heavy atom. The summed E-state index contributed by atoms with van der Waals surface area (Å²) in [4.78, 5) is 0. The van der Waals surface area contributed by atoms with Crippen LogP contribution in [-0.4, -0.2) is 13.9 Å². The highest BCUT2D eigenvalue weighted by Crippen LogP contribution is 2.35. The molecule has 0 N–H and O–H groups in total. The lowest BCUT2D eigenvalue weighted by Gasteiger charge is -2.26. The Hall–Kier alpha value is -1.72. The van der Waals surface area contributed by atoms with Gasteiger partial charge in [-0.1, -0.05) is 92.5 Å². The van der Waals surface area contributed by atoms with E-state index in [2.05, 4.69) is 95.3 Å². The Kier molecular flexibility index (Phi) is 8.29. The molecule has 2 unspecified atom stereocenters. The second-order valence-corrected chi connectivity index (χ2v) is 11.5. The highest BCUT2D eigenvalue weighted by Gasteiger charge is 2.23. The molecular formula is C27H34O2P2. The molecule has 0 amide bonds. The molecule has 0 saturated heterocycles. The fraction of sp³-hybridized carbons (Fsp3) is 0.333. The summed E-state index contributed by atoms with van der Waals surface area (Å²) in [5.74, 6) is 0.984. The Balaban J connectivity index is 1.99. The van der Waals surface area contributed by atoms with Gasteiger partial charge in [0.05, 0.1) is 0 Å². The van der Waals surface area contributed by atoms with Crippen molar-refractivity contribution in [3.8, 4) is 5.75 Å². The zero-order chi connectivity index (χ0) is 22.4. The minimum atomic E-state index is -0.00240. The number of ether oxygens (including phenoxy) is 2. The number of hydrogen-bond acceptors (Lipinski definition) is 2. The van der Waals surface area contributed by atoms with Crippen LogP contribution in [0, 0.1) is 13.8 Å². The van der Waals surface area contributed by atoms with Crippen molar-refractivity contribution in [2.75, 3.05) is 13.9 Å². The van der Waals surface area contributed by atoms with Gasteiger partial charge >= 0.3 is 0 Å². The van der Waals surface area contributed by atoms with Crippen LogP contribution < -0.4 is 20.7 Å². The quantitative estimate of drug-likeness (QED) is 0.322. The molecule has 0 aromatic heterocycles. The maximum Gasteiger partial charge on any atom is 0.188 e. The van der Waals surface area contributed by atoms with Gasteiger partial charge in [0, 0.05) is 18.0 Å². The molecule has 164 valence electrons. The first-order chi connectivity index (χ1) is 14.8. The second-order valence-electron chi connectivity index (χ2n) is 8.94. The summed E-state index contributed by atoms with van der Waals surface area (Å²) in [6, 6.07) is 22.0. The molecule has 0 saturated carbocycles. The van der Waals surface area contributed by atoms with Gasteiger partial charge < -0.3 is 9.47 Å². The van der Waals surface area contributed by atoms with E-state index < -0.39 is 0 Å². The van der Waals surface area contributed by atoms with E-state index >= 15 is 0 Å². The number of hydrogen-bond donors (Lipinski definition) is 0. The predicted molar refractivity (Wildman–Crippen MR) is 139 cm³/mol. The zero-order valence-corrected chi connectivity index (χ0v) is 21.5. The van der Waals surface area contributed by atoms with Crippen LogP contribution in [0.25, 0.3) is 0 Å². The van der Waals surface area contributed by atoms with Crippen LogP contribution in [0.15, 0.2) is 60.7 Å². The van der Waals surface area contributed by atoms with Gasteiger partial charge in [0.15, 0.2) is 6.79 Å². The molecule has 3 aromatic carbocycles. The molecule has 0 aliphatic rings. The second kappa shape index (κ2) is 10.7. The minimum Gasteiger partial charge on any atom is -0.467 e. The van der Waals surface area contributed by atoms with Crippen molar-refractivity contribution in [1.82, 2.24) is 0 Å². The van der Waals surface area contributed by atoms with Crippen molar-refractivity contribution in [2.24, 2.45) is 0 Å². The van der Waals surface area contributed by atoms with Crippen LogP contribution in [0.2, 0.25) is 0 Å². The SMILES string of the molecule is COCOc1c(Pc2c(C)cccc2CPc2ccccc2)cc(C)cc1C(C)(C)C. The highest BCUT2D eigenvalue weighted by molar-refractivity contribution is 7.56. The molecule has 0 radical (unpaired) electrons. The van der Waals surface area contributed by atoms with E-state index in [1.165, 1.54) is 38.2 Å². The normalized spacial score (nSPS) is 12.3. The molecule has 2 nitrogen and oxygen atoms in total. The fourth-order valence-electron chi connectivity index (χ4n) is 3.64. The van der Waals surface area contributed by atoms with Crippen molar-refractivity contribution in [3.63, 3.8) is 0 Å². The lowest BCUT2D eigenvalue weighted by atomic mass is 9.85. The first-order valence-corrected chi connectivity index (χ1v) is 12.9. The van der Waals surface area contributed by atoms with Crippen molar-refractivity contribution >= 4 is 33.1 Å². The van der Waals surface area contributed by atoms with Crippen LogP contribution in [0.1, 0.15) is 43.0 Å². The minimum absolute atomic E-state index is 0.00240. The van der Waals surface area contributed by atoms with Gasteiger partial charge in [-0.15, -0.1) is 0 Å². The molecular weight excluding hydrogens is 418 g/mol. The summed E-state index contributed by atoms with van der Waals surface area (Å²) in [6.07, 6.45) is 1.07. The van der Waals surface area contributed by atoms with Gasteiger partial charge in [-0.3, -0.25) is 0 Å². The number of methoxy groups -OCH3 is 1. The summed E-state index contributed by atoms with van der Waals surface area (Å²) in [5, 5.41) is 4.12. The van der Waals surface area contributed by atoms with Crippen molar-refractivity contribution in [3.05, 3.63) is 82.9 Å². The Morgan fingerprint density at radius 2 is 1.65 bits per heavy atom. The number of benzene rings is 3. The van der Waals surface area contributed by atoms with E-state index in [1.807, 2.05) is 0 Å². The first kappa shape index (κ1) is 23.9. The van der Waals surface area contributed by atoms with Crippen LogP contribution in [0.4, 0.5) is 0 Å². The van der Waals surface area contributed by atoms with Crippen molar-refractivity contribution in [1.29, 1.82) is 0 Å². The van der Waals surface area contributed by atoms with Crippen molar-refractivity contribution < 1.29 is 9.47 Å². The maximum absolute atomic E-state index is 6.17. The van der Waals surface area contributed by atoms with Gasteiger partial charge in [0.1, 0.15) is 5.75 Å². The van der Waals surface area contributed by atoms with E-state index in [4.69, 9.17) is 9.47 Å². The highest BCUT2D eigenvalue weighted by atomic mass is 31.1. The molecule has 0 aliphatic heterocycles. The summed E-state index contributed by atoms with van der Waals surface area (Å²) in [7, 11) is 3.00. The van der Waals surface area contributed by atoms with Crippen LogP contribution >= 0.6 is 17.2 Å². The Labute approximate surface area is 191 Å². The van der Waals surface area contributed by atoms with Gasteiger partial charge in [0.25, 0.3) is 0 Å². The number of aryl methyl sites for hydroxylation is 2. The molecule has 0 heterocycles. The third-order valence-electron chi connectivity index (χ3n) is 5.24. The van der Waals surface area contributed by atoms with E-state index in [0.717, 1.165) is 20.5 Å². The van der Waals surface area contributed by atoms with Crippen LogP contribution in [-0.2, 0) is 16.3 Å². The Morgan fingerprint density at radius 1 is 0.903 bits per heavy atom.